The van der Waals surface area contributed by atoms with Gasteiger partial charge in [0.05, 0.1) is 6.26 Å². The van der Waals surface area contributed by atoms with Crippen LogP contribution in [-0.2, 0) is 9.53 Å². The van der Waals surface area contributed by atoms with Crippen LogP contribution in [0.5, 0.6) is 0 Å². The van der Waals surface area contributed by atoms with Crippen LogP contribution >= 0.6 is 0 Å². The Bertz CT molecular complexity index is 93.0. The van der Waals surface area contributed by atoms with Gasteiger partial charge < -0.3 is 10.2 Å². The highest BCUT2D eigenvalue weighted by molar-refractivity contribution is 5.75. The lowest BCUT2D eigenvalue weighted by molar-refractivity contribution is -0.137. The largest absolute Gasteiger partial charge is 0.435 e. The monoisotopic (exact) mass is 158 g/mol. The van der Waals surface area contributed by atoms with Gasteiger partial charge in [-0.2, -0.15) is 0 Å². The molecule has 0 radical (unpaired) electrons. The zero-order valence-electron chi connectivity index (χ0n) is 5.52. The van der Waals surface area contributed by atoms with Gasteiger partial charge in [0.15, 0.2) is 0 Å². The van der Waals surface area contributed by atoms with Crippen LogP contribution < -0.4 is 0 Å². The molecular weight excluding hydrogens is 144 g/mol. The summed E-state index contributed by atoms with van der Waals surface area (Å²) in [5, 5.41) is 0. The van der Waals surface area contributed by atoms with Crippen molar-refractivity contribution >= 4 is 29.0 Å². The SMILES string of the molecule is C=COC(=O)CCC.O.[MgH2]. The average Bonchev–Trinajstić information content (AvgIpc) is 1.68. The first kappa shape index (κ1) is 16.5. The number of carbonyl (C=O) groups excluding carboxylic acids is 1. The number of rotatable bonds is 3. The van der Waals surface area contributed by atoms with Gasteiger partial charge in [0.25, 0.3) is 0 Å². The summed E-state index contributed by atoms with van der Waals surface area (Å²) in [5.41, 5.74) is 0. The summed E-state index contributed by atoms with van der Waals surface area (Å²) in [4.78, 5) is 10.3. The molecule has 0 aliphatic carbocycles. The topological polar surface area (TPSA) is 57.8 Å². The number of hydrogen-bond acceptors (Lipinski definition) is 2. The van der Waals surface area contributed by atoms with Crippen LogP contribution in [-0.4, -0.2) is 34.5 Å². The van der Waals surface area contributed by atoms with Crippen molar-refractivity contribution in [3.63, 3.8) is 0 Å². The molecule has 0 spiro atoms. The third-order valence-electron chi connectivity index (χ3n) is 0.669. The summed E-state index contributed by atoms with van der Waals surface area (Å²) in [5.74, 6) is -0.206. The minimum absolute atomic E-state index is 0. The highest BCUT2D eigenvalue weighted by atomic mass is 24.3. The maximum Gasteiger partial charge on any atom is 0.316 e. The van der Waals surface area contributed by atoms with E-state index < -0.39 is 0 Å². The predicted octanol–water partition coefficient (Wildman–Crippen LogP) is -0.268. The van der Waals surface area contributed by atoms with E-state index in [1.54, 1.807) is 0 Å². The van der Waals surface area contributed by atoms with Crippen LogP contribution in [0, 0.1) is 0 Å². The Morgan fingerprint density at radius 3 is 2.50 bits per heavy atom. The quantitative estimate of drug-likeness (QED) is 0.323. The summed E-state index contributed by atoms with van der Waals surface area (Å²) < 4.78 is 4.41. The van der Waals surface area contributed by atoms with Gasteiger partial charge in [-0.3, -0.25) is 4.79 Å². The number of ether oxygens (including phenoxy) is 1. The number of esters is 1. The fourth-order valence-electron chi connectivity index (χ4n) is 0.356. The molecule has 0 rings (SSSR count). The first-order chi connectivity index (χ1) is 3.81. The van der Waals surface area contributed by atoms with Crippen molar-refractivity contribution < 1.29 is 15.0 Å². The standard InChI is InChI=1S/C6H10O2.Mg.H2O.2H/c1-3-5-6(7)8-4-2;;;;/h4H,2-3,5H2,1H3;;1H2;;. The molecule has 0 aliphatic rings. The first-order valence-corrected chi connectivity index (χ1v) is 2.61. The van der Waals surface area contributed by atoms with Gasteiger partial charge in [-0.1, -0.05) is 13.5 Å². The molecule has 0 fully saturated rings. The highest BCUT2D eigenvalue weighted by Crippen LogP contribution is 1.89. The Hall–Kier alpha value is -0.0638. The zero-order valence-corrected chi connectivity index (χ0v) is 5.52. The maximum atomic E-state index is 10.3. The molecule has 0 aromatic heterocycles. The van der Waals surface area contributed by atoms with E-state index in [-0.39, 0.29) is 34.5 Å². The fourth-order valence-corrected chi connectivity index (χ4v) is 0.356. The molecule has 0 saturated carbocycles. The van der Waals surface area contributed by atoms with E-state index in [2.05, 4.69) is 11.3 Å². The van der Waals surface area contributed by atoms with Crippen molar-refractivity contribution in [2.24, 2.45) is 0 Å². The molecule has 0 heterocycles. The second-order valence-corrected chi connectivity index (χ2v) is 1.41. The lowest BCUT2D eigenvalue weighted by Gasteiger charge is -1.92. The molecular formula is C6H14MgO3. The third-order valence-corrected chi connectivity index (χ3v) is 0.669. The Balaban J connectivity index is -0.000000245. The zero-order chi connectivity index (χ0) is 6.41. The van der Waals surface area contributed by atoms with E-state index in [1.807, 2.05) is 6.92 Å². The summed E-state index contributed by atoms with van der Waals surface area (Å²) in [7, 11) is 0. The molecule has 0 bridgehead atoms. The summed E-state index contributed by atoms with van der Waals surface area (Å²) >= 11 is 0. The van der Waals surface area contributed by atoms with Gasteiger partial charge in [-0.25, -0.2) is 0 Å². The maximum absolute atomic E-state index is 10.3. The van der Waals surface area contributed by atoms with E-state index >= 15 is 0 Å². The van der Waals surface area contributed by atoms with E-state index in [0.717, 1.165) is 12.7 Å². The van der Waals surface area contributed by atoms with Crippen molar-refractivity contribution in [2.75, 3.05) is 0 Å². The van der Waals surface area contributed by atoms with Crippen molar-refractivity contribution in [3.8, 4) is 0 Å². The molecule has 0 aromatic rings. The molecule has 58 valence electrons. The molecule has 10 heavy (non-hydrogen) atoms. The van der Waals surface area contributed by atoms with Crippen LogP contribution in [0.3, 0.4) is 0 Å². The molecule has 0 aliphatic heterocycles. The third kappa shape index (κ3) is 10.8. The van der Waals surface area contributed by atoms with Crippen molar-refractivity contribution in [1.82, 2.24) is 0 Å². The van der Waals surface area contributed by atoms with Gasteiger partial charge in [0, 0.05) is 6.42 Å². The van der Waals surface area contributed by atoms with Gasteiger partial charge in [0.1, 0.15) is 0 Å². The van der Waals surface area contributed by atoms with Crippen molar-refractivity contribution in [2.45, 2.75) is 19.8 Å². The van der Waals surface area contributed by atoms with E-state index in [9.17, 15) is 4.79 Å². The van der Waals surface area contributed by atoms with Crippen LogP contribution in [0.15, 0.2) is 12.8 Å². The smallest absolute Gasteiger partial charge is 0.316 e. The van der Waals surface area contributed by atoms with Crippen LogP contribution in [0.1, 0.15) is 19.8 Å². The molecule has 2 N–H and O–H groups in total. The minimum Gasteiger partial charge on any atom is -0.435 e. The molecule has 0 unspecified atom stereocenters. The fraction of sp³-hybridized carbons (Fsp3) is 0.500. The summed E-state index contributed by atoms with van der Waals surface area (Å²) in [6.45, 7) is 5.16. The van der Waals surface area contributed by atoms with Crippen LogP contribution in [0.4, 0.5) is 0 Å². The van der Waals surface area contributed by atoms with Crippen LogP contribution in [0.25, 0.3) is 0 Å². The molecule has 0 aromatic carbocycles. The molecule has 0 saturated heterocycles. The second-order valence-electron chi connectivity index (χ2n) is 1.41. The van der Waals surface area contributed by atoms with Crippen molar-refractivity contribution in [1.29, 1.82) is 0 Å². The van der Waals surface area contributed by atoms with E-state index in [1.165, 1.54) is 0 Å². The Morgan fingerprint density at radius 1 is 1.70 bits per heavy atom. The Kier molecular flexibility index (Phi) is 19.3. The predicted molar refractivity (Wildman–Crippen MR) is 43.4 cm³/mol. The Labute approximate surface area is 76.9 Å². The van der Waals surface area contributed by atoms with Gasteiger partial charge in [-0.15, -0.1) is 0 Å². The number of carbonyl (C=O) groups is 1. The van der Waals surface area contributed by atoms with Crippen molar-refractivity contribution in [3.05, 3.63) is 12.8 Å². The summed E-state index contributed by atoms with van der Waals surface area (Å²) in [6, 6.07) is 0. The summed E-state index contributed by atoms with van der Waals surface area (Å²) in [6.07, 6.45) is 2.46. The van der Waals surface area contributed by atoms with E-state index in [4.69, 9.17) is 0 Å². The second kappa shape index (κ2) is 11.7. The average molecular weight is 158 g/mol. The van der Waals surface area contributed by atoms with Gasteiger partial charge >= 0.3 is 29.0 Å². The lowest BCUT2D eigenvalue weighted by Crippen LogP contribution is -1.96. The molecule has 3 nitrogen and oxygen atoms in total. The minimum atomic E-state index is -0.206. The first-order valence-electron chi connectivity index (χ1n) is 2.61. The Morgan fingerprint density at radius 2 is 2.20 bits per heavy atom. The van der Waals surface area contributed by atoms with Gasteiger partial charge in [-0.05, 0) is 6.42 Å². The molecule has 4 heteroatoms. The van der Waals surface area contributed by atoms with E-state index in [0.29, 0.717) is 6.42 Å². The number of hydrogen-bond donors (Lipinski definition) is 0. The van der Waals surface area contributed by atoms with Crippen LogP contribution in [0.2, 0.25) is 0 Å². The molecule has 0 amide bonds. The normalized spacial score (nSPS) is 6.50. The van der Waals surface area contributed by atoms with Gasteiger partial charge in [0.2, 0.25) is 0 Å². The highest BCUT2D eigenvalue weighted by Gasteiger charge is 1.94. The lowest BCUT2D eigenvalue weighted by atomic mass is 10.3. The molecule has 0 atom stereocenters.